The standard InChI is InChI=1S/C28H33N5O3/c1-20-8-10-21(11-9-20)27-30-25(36-31-27)19-32-15-12-22(13-16-32)28(35)29-17-23-5-2-3-6-24(23)18-33-14-4-7-26(33)34/h2-3,5-6,8-11,22H,4,7,12-19H2,1H3,(H,29,35). The van der Waals surface area contributed by atoms with E-state index >= 15 is 0 Å². The molecule has 3 aromatic rings. The average molecular weight is 488 g/mol. The van der Waals surface area contributed by atoms with E-state index in [1.165, 1.54) is 5.56 Å². The highest BCUT2D eigenvalue weighted by Gasteiger charge is 2.26. The summed E-state index contributed by atoms with van der Waals surface area (Å²) < 4.78 is 5.47. The Morgan fingerprint density at radius 1 is 1.03 bits per heavy atom. The Balaban J connectivity index is 1.09. The van der Waals surface area contributed by atoms with Crippen LogP contribution in [0.3, 0.4) is 0 Å². The number of hydrogen-bond acceptors (Lipinski definition) is 6. The molecule has 3 heterocycles. The Morgan fingerprint density at radius 3 is 2.50 bits per heavy atom. The van der Waals surface area contributed by atoms with E-state index in [-0.39, 0.29) is 17.7 Å². The molecule has 0 unspecified atom stereocenters. The third kappa shape index (κ3) is 5.82. The van der Waals surface area contributed by atoms with Gasteiger partial charge in [-0.1, -0.05) is 59.3 Å². The second-order valence-electron chi connectivity index (χ2n) is 9.83. The van der Waals surface area contributed by atoms with E-state index in [4.69, 9.17) is 4.52 Å². The van der Waals surface area contributed by atoms with Gasteiger partial charge in [0.1, 0.15) is 0 Å². The maximum Gasteiger partial charge on any atom is 0.241 e. The monoisotopic (exact) mass is 487 g/mol. The molecule has 1 N–H and O–H groups in total. The van der Waals surface area contributed by atoms with E-state index in [1.54, 1.807) is 0 Å². The van der Waals surface area contributed by atoms with Gasteiger partial charge in [-0.15, -0.1) is 0 Å². The third-order valence-electron chi connectivity index (χ3n) is 7.20. The molecule has 188 valence electrons. The summed E-state index contributed by atoms with van der Waals surface area (Å²) in [5.74, 6) is 1.52. The number of carbonyl (C=O) groups is 2. The number of hydrogen-bond donors (Lipinski definition) is 1. The summed E-state index contributed by atoms with van der Waals surface area (Å²) in [7, 11) is 0. The number of piperidine rings is 1. The van der Waals surface area contributed by atoms with Gasteiger partial charge in [0, 0.05) is 37.5 Å². The number of nitrogens with zero attached hydrogens (tertiary/aromatic N) is 4. The third-order valence-corrected chi connectivity index (χ3v) is 7.20. The van der Waals surface area contributed by atoms with Crippen LogP contribution in [-0.4, -0.2) is 51.4 Å². The molecule has 1 aromatic heterocycles. The van der Waals surface area contributed by atoms with Crippen molar-refractivity contribution in [2.75, 3.05) is 19.6 Å². The number of aryl methyl sites for hydroxylation is 1. The molecule has 0 atom stereocenters. The zero-order valence-corrected chi connectivity index (χ0v) is 20.8. The molecule has 36 heavy (non-hydrogen) atoms. The molecule has 8 nitrogen and oxygen atoms in total. The molecule has 0 radical (unpaired) electrons. The van der Waals surface area contributed by atoms with Crippen LogP contribution in [-0.2, 0) is 29.2 Å². The molecule has 2 fully saturated rings. The van der Waals surface area contributed by atoms with Crippen LogP contribution in [0.15, 0.2) is 53.1 Å². The first-order valence-electron chi connectivity index (χ1n) is 12.8. The highest BCUT2D eigenvalue weighted by Crippen LogP contribution is 2.22. The SMILES string of the molecule is Cc1ccc(-c2noc(CN3CCC(C(=O)NCc4ccccc4CN4CCCC4=O)CC3)n2)cc1. The van der Waals surface area contributed by atoms with Crippen molar-refractivity contribution in [3.05, 3.63) is 71.1 Å². The van der Waals surface area contributed by atoms with Crippen LogP contribution in [0, 0.1) is 12.8 Å². The van der Waals surface area contributed by atoms with E-state index in [0.717, 1.165) is 55.6 Å². The van der Waals surface area contributed by atoms with Crippen LogP contribution in [0.2, 0.25) is 0 Å². The number of aromatic nitrogens is 2. The van der Waals surface area contributed by atoms with Crippen LogP contribution >= 0.6 is 0 Å². The average Bonchev–Trinajstić information content (AvgIpc) is 3.53. The van der Waals surface area contributed by atoms with Crippen LogP contribution in [0.5, 0.6) is 0 Å². The topological polar surface area (TPSA) is 91.6 Å². The number of nitrogens with one attached hydrogen (secondary N) is 1. The molecular weight excluding hydrogens is 454 g/mol. The predicted octanol–water partition coefficient (Wildman–Crippen LogP) is 3.70. The fraction of sp³-hybridized carbons (Fsp3) is 0.429. The summed E-state index contributed by atoms with van der Waals surface area (Å²) in [6.45, 7) is 6.19. The molecule has 2 aliphatic heterocycles. The Morgan fingerprint density at radius 2 is 1.78 bits per heavy atom. The molecule has 0 spiro atoms. The lowest BCUT2D eigenvalue weighted by atomic mass is 9.95. The number of carbonyl (C=O) groups excluding carboxylic acids is 2. The van der Waals surface area contributed by atoms with Crippen molar-refractivity contribution in [2.45, 2.75) is 52.2 Å². The van der Waals surface area contributed by atoms with Gasteiger partial charge in [-0.3, -0.25) is 14.5 Å². The second kappa shape index (κ2) is 11.0. The Hall–Kier alpha value is -3.52. The molecule has 5 rings (SSSR count). The van der Waals surface area contributed by atoms with Gasteiger partial charge in [0.15, 0.2) is 0 Å². The van der Waals surface area contributed by atoms with Crippen LogP contribution in [0.25, 0.3) is 11.4 Å². The lowest BCUT2D eigenvalue weighted by Gasteiger charge is -2.30. The Labute approximate surface area is 211 Å². The van der Waals surface area contributed by atoms with Gasteiger partial charge in [0.05, 0.1) is 6.54 Å². The first-order valence-corrected chi connectivity index (χ1v) is 12.8. The first-order chi connectivity index (χ1) is 17.5. The molecule has 2 aromatic carbocycles. The second-order valence-corrected chi connectivity index (χ2v) is 9.83. The number of rotatable bonds is 8. The summed E-state index contributed by atoms with van der Waals surface area (Å²) in [6, 6.07) is 16.1. The molecule has 0 aliphatic carbocycles. The minimum Gasteiger partial charge on any atom is -0.352 e. The van der Waals surface area contributed by atoms with Crippen LogP contribution < -0.4 is 5.32 Å². The molecule has 2 saturated heterocycles. The molecule has 2 aliphatic rings. The van der Waals surface area contributed by atoms with Crippen LogP contribution in [0.1, 0.15) is 48.3 Å². The lowest BCUT2D eigenvalue weighted by Crippen LogP contribution is -2.40. The normalized spacial score (nSPS) is 17.0. The summed E-state index contributed by atoms with van der Waals surface area (Å²) in [5.41, 5.74) is 4.31. The quantitative estimate of drug-likeness (QED) is 0.521. The van der Waals surface area contributed by atoms with E-state index in [2.05, 4.69) is 20.4 Å². The number of benzene rings is 2. The lowest BCUT2D eigenvalue weighted by molar-refractivity contribution is -0.128. The largest absolute Gasteiger partial charge is 0.352 e. The molecule has 8 heteroatoms. The summed E-state index contributed by atoms with van der Waals surface area (Å²) in [4.78, 5) is 33.6. The Kier molecular flexibility index (Phi) is 7.41. The van der Waals surface area contributed by atoms with Gasteiger partial charge in [0.25, 0.3) is 0 Å². The van der Waals surface area contributed by atoms with E-state index < -0.39 is 0 Å². The predicted molar refractivity (Wildman–Crippen MR) is 135 cm³/mol. The van der Waals surface area contributed by atoms with Gasteiger partial charge < -0.3 is 14.7 Å². The van der Waals surface area contributed by atoms with Crippen molar-refractivity contribution in [2.24, 2.45) is 5.92 Å². The summed E-state index contributed by atoms with van der Waals surface area (Å²) in [5, 5.41) is 7.26. The van der Waals surface area contributed by atoms with Gasteiger partial charge in [-0.2, -0.15) is 4.98 Å². The maximum absolute atomic E-state index is 12.9. The fourth-order valence-electron chi connectivity index (χ4n) is 4.97. The van der Waals surface area contributed by atoms with Gasteiger partial charge >= 0.3 is 0 Å². The van der Waals surface area contributed by atoms with Crippen molar-refractivity contribution in [1.29, 1.82) is 0 Å². The van der Waals surface area contributed by atoms with Crippen molar-refractivity contribution in [3.63, 3.8) is 0 Å². The summed E-state index contributed by atoms with van der Waals surface area (Å²) >= 11 is 0. The van der Waals surface area contributed by atoms with E-state index in [9.17, 15) is 9.59 Å². The van der Waals surface area contributed by atoms with Crippen molar-refractivity contribution in [1.82, 2.24) is 25.3 Å². The molecule has 0 bridgehead atoms. The smallest absolute Gasteiger partial charge is 0.241 e. The minimum atomic E-state index is -0.000577. The number of likely N-dealkylation sites (tertiary alicyclic amines) is 2. The zero-order valence-electron chi connectivity index (χ0n) is 20.8. The van der Waals surface area contributed by atoms with Crippen LogP contribution in [0.4, 0.5) is 0 Å². The Bertz CT molecular complexity index is 1200. The molecule has 2 amide bonds. The van der Waals surface area contributed by atoms with Gasteiger partial charge in [-0.25, -0.2) is 0 Å². The summed E-state index contributed by atoms with van der Waals surface area (Å²) in [6.07, 6.45) is 3.16. The highest BCUT2D eigenvalue weighted by atomic mass is 16.5. The van der Waals surface area contributed by atoms with E-state index in [1.807, 2.05) is 60.4 Å². The van der Waals surface area contributed by atoms with Crippen molar-refractivity contribution in [3.8, 4) is 11.4 Å². The zero-order chi connectivity index (χ0) is 24.9. The fourth-order valence-corrected chi connectivity index (χ4v) is 4.97. The molecule has 0 saturated carbocycles. The van der Waals surface area contributed by atoms with E-state index in [0.29, 0.717) is 37.8 Å². The minimum absolute atomic E-state index is 0.000577. The van der Waals surface area contributed by atoms with Crippen molar-refractivity contribution >= 4 is 11.8 Å². The van der Waals surface area contributed by atoms with Gasteiger partial charge in [-0.05, 0) is 50.4 Å². The first kappa shape index (κ1) is 24.2. The highest BCUT2D eigenvalue weighted by molar-refractivity contribution is 5.79. The maximum atomic E-state index is 12.9. The molecular formula is C28H33N5O3. The van der Waals surface area contributed by atoms with Crippen molar-refractivity contribution < 1.29 is 14.1 Å². The van der Waals surface area contributed by atoms with Gasteiger partial charge in [0.2, 0.25) is 23.5 Å². The number of amides is 2.